The van der Waals surface area contributed by atoms with E-state index < -0.39 is 0 Å². The van der Waals surface area contributed by atoms with Crippen molar-refractivity contribution in [2.75, 3.05) is 19.0 Å². The maximum Gasteiger partial charge on any atom is 0.273 e. The first-order valence-electron chi connectivity index (χ1n) is 5.23. The third kappa shape index (κ3) is 3.16. The number of aromatic nitrogens is 2. The van der Waals surface area contributed by atoms with Gasteiger partial charge in [0.05, 0.1) is 12.4 Å². The van der Waals surface area contributed by atoms with Gasteiger partial charge in [-0.2, -0.15) is 0 Å². The summed E-state index contributed by atoms with van der Waals surface area (Å²) in [7, 11) is 1.76. The number of hydrogen-bond donors (Lipinski definition) is 2. The van der Waals surface area contributed by atoms with Crippen molar-refractivity contribution in [1.82, 2.24) is 14.9 Å². The van der Waals surface area contributed by atoms with E-state index in [2.05, 4.69) is 22.3 Å². The Morgan fingerprint density at radius 3 is 2.75 bits per heavy atom. The number of amides is 1. The van der Waals surface area contributed by atoms with E-state index in [-0.39, 0.29) is 5.91 Å². The van der Waals surface area contributed by atoms with Crippen LogP contribution in [0.15, 0.2) is 12.4 Å². The summed E-state index contributed by atoms with van der Waals surface area (Å²) in [5.74, 6) is 5.47. The molecule has 0 aliphatic carbocycles. The summed E-state index contributed by atoms with van der Waals surface area (Å²) in [5, 5.41) is 0. The van der Waals surface area contributed by atoms with Gasteiger partial charge in [0.25, 0.3) is 5.91 Å². The minimum atomic E-state index is -0.121. The molecule has 1 amide bonds. The van der Waals surface area contributed by atoms with Crippen LogP contribution in [0.2, 0.25) is 0 Å². The van der Waals surface area contributed by atoms with Crippen molar-refractivity contribution in [3.8, 4) is 0 Å². The molecule has 0 fully saturated rings. The first kappa shape index (κ1) is 12.4. The fourth-order valence-corrected chi connectivity index (χ4v) is 1.21. The molecule has 1 aromatic rings. The van der Waals surface area contributed by atoms with Gasteiger partial charge in [0, 0.05) is 13.6 Å². The predicted octanol–water partition coefficient (Wildman–Crippen LogP) is 0.634. The fourth-order valence-electron chi connectivity index (χ4n) is 1.21. The SMILES string of the molecule is CCCCN(C)C(=O)c1cnc(NN)cn1. The van der Waals surface area contributed by atoms with Gasteiger partial charge in [-0.25, -0.2) is 15.8 Å². The average Bonchev–Trinajstić information content (AvgIpc) is 2.35. The van der Waals surface area contributed by atoms with Crippen molar-refractivity contribution < 1.29 is 4.79 Å². The molecule has 0 spiro atoms. The van der Waals surface area contributed by atoms with Gasteiger partial charge in [0.15, 0.2) is 5.82 Å². The fraction of sp³-hybridized carbons (Fsp3) is 0.500. The number of anilines is 1. The first-order valence-corrected chi connectivity index (χ1v) is 5.23. The summed E-state index contributed by atoms with van der Waals surface area (Å²) < 4.78 is 0. The average molecular weight is 223 g/mol. The molecule has 6 nitrogen and oxygen atoms in total. The van der Waals surface area contributed by atoms with Crippen molar-refractivity contribution in [2.24, 2.45) is 5.84 Å². The van der Waals surface area contributed by atoms with Gasteiger partial charge < -0.3 is 10.3 Å². The Hall–Kier alpha value is -1.69. The molecule has 0 aliphatic rings. The van der Waals surface area contributed by atoms with Gasteiger partial charge in [-0.1, -0.05) is 13.3 Å². The summed E-state index contributed by atoms with van der Waals surface area (Å²) in [4.78, 5) is 21.4. The molecule has 0 unspecified atom stereocenters. The van der Waals surface area contributed by atoms with E-state index in [9.17, 15) is 4.79 Å². The lowest BCUT2D eigenvalue weighted by molar-refractivity contribution is 0.0787. The summed E-state index contributed by atoms with van der Waals surface area (Å²) in [6, 6.07) is 0. The zero-order valence-corrected chi connectivity index (χ0v) is 9.60. The number of nitrogens with two attached hydrogens (primary N) is 1. The molecule has 0 saturated heterocycles. The van der Waals surface area contributed by atoms with E-state index >= 15 is 0 Å². The van der Waals surface area contributed by atoms with Crippen molar-refractivity contribution >= 4 is 11.7 Å². The zero-order valence-electron chi connectivity index (χ0n) is 9.60. The van der Waals surface area contributed by atoms with E-state index in [4.69, 9.17) is 5.84 Å². The molecular weight excluding hydrogens is 206 g/mol. The molecule has 0 bridgehead atoms. The van der Waals surface area contributed by atoms with Gasteiger partial charge >= 0.3 is 0 Å². The van der Waals surface area contributed by atoms with Crippen molar-refractivity contribution in [3.63, 3.8) is 0 Å². The minimum absolute atomic E-state index is 0.121. The Kier molecular flexibility index (Phi) is 4.65. The smallest absolute Gasteiger partial charge is 0.273 e. The van der Waals surface area contributed by atoms with E-state index in [1.165, 1.54) is 12.4 Å². The number of nitrogens with one attached hydrogen (secondary N) is 1. The topological polar surface area (TPSA) is 84.1 Å². The standard InChI is InChI=1S/C10H17N5O/c1-3-4-5-15(2)10(16)8-6-13-9(14-11)7-12-8/h6-7H,3-5,11H2,1-2H3,(H,13,14). The number of carbonyl (C=O) groups excluding carboxylic acids is 1. The van der Waals surface area contributed by atoms with Crippen molar-refractivity contribution in [1.29, 1.82) is 0 Å². The summed E-state index contributed by atoms with van der Waals surface area (Å²) in [6.45, 7) is 2.81. The lowest BCUT2D eigenvalue weighted by Gasteiger charge is -2.15. The van der Waals surface area contributed by atoms with Crippen LogP contribution in [0.3, 0.4) is 0 Å². The van der Waals surface area contributed by atoms with Gasteiger partial charge in [-0.05, 0) is 6.42 Å². The maximum atomic E-state index is 11.8. The monoisotopic (exact) mass is 223 g/mol. The molecule has 88 valence electrons. The van der Waals surface area contributed by atoms with Crippen LogP contribution in [0, 0.1) is 0 Å². The number of hydrogen-bond acceptors (Lipinski definition) is 5. The van der Waals surface area contributed by atoms with Crippen LogP contribution in [0.1, 0.15) is 30.3 Å². The van der Waals surface area contributed by atoms with Crippen molar-refractivity contribution in [2.45, 2.75) is 19.8 Å². The number of unbranched alkanes of at least 4 members (excludes halogenated alkanes) is 1. The Labute approximate surface area is 94.8 Å². The van der Waals surface area contributed by atoms with Gasteiger partial charge in [-0.3, -0.25) is 4.79 Å². The molecule has 1 heterocycles. The molecule has 0 aliphatic heterocycles. The highest BCUT2D eigenvalue weighted by Gasteiger charge is 2.12. The molecular formula is C10H17N5O. The predicted molar refractivity (Wildman–Crippen MR) is 61.7 cm³/mol. The van der Waals surface area contributed by atoms with Crippen molar-refractivity contribution in [3.05, 3.63) is 18.1 Å². The quantitative estimate of drug-likeness (QED) is 0.565. The normalized spacial score (nSPS) is 9.94. The Balaban J connectivity index is 2.64. The maximum absolute atomic E-state index is 11.8. The molecule has 1 aromatic heterocycles. The third-order valence-corrected chi connectivity index (χ3v) is 2.21. The van der Waals surface area contributed by atoms with E-state index in [0.29, 0.717) is 11.5 Å². The molecule has 0 saturated carbocycles. The van der Waals surface area contributed by atoms with Crippen LogP contribution in [-0.2, 0) is 0 Å². The van der Waals surface area contributed by atoms with E-state index in [1.54, 1.807) is 11.9 Å². The minimum Gasteiger partial charge on any atom is -0.340 e. The van der Waals surface area contributed by atoms with Gasteiger partial charge in [0.2, 0.25) is 0 Å². The van der Waals surface area contributed by atoms with Crippen LogP contribution in [0.5, 0.6) is 0 Å². The summed E-state index contributed by atoms with van der Waals surface area (Å²) in [5.41, 5.74) is 2.69. The molecule has 1 rings (SSSR count). The second-order valence-electron chi connectivity index (χ2n) is 3.51. The highest BCUT2D eigenvalue weighted by molar-refractivity contribution is 5.91. The summed E-state index contributed by atoms with van der Waals surface area (Å²) in [6.07, 6.45) is 4.89. The molecule has 0 radical (unpaired) electrons. The Bertz CT molecular complexity index is 338. The Morgan fingerprint density at radius 1 is 1.50 bits per heavy atom. The van der Waals surface area contributed by atoms with Gasteiger partial charge in [-0.15, -0.1) is 0 Å². The van der Waals surface area contributed by atoms with Crippen LogP contribution >= 0.6 is 0 Å². The van der Waals surface area contributed by atoms with Gasteiger partial charge in [0.1, 0.15) is 5.69 Å². The third-order valence-electron chi connectivity index (χ3n) is 2.21. The second kappa shape index (κ2) is 6.02. The van der Waals surface area contributed by atoms with Crippen LogP contribution in [0.25, 0.3) is 0 Å². The second-order valence-corrected chi connectivity index (χ2v) is 3.51. The number of nitrogen functional groups attached to an aromatic ring is 1. The highest BCUT2D eigenvalue weighted by Crippen LogP contribution is 2.03. The molecule has 16 heavy (non-hydrogen) atoms. The van der Waals surface area contributed by atoms with Crippen LogP contribution in [0.4, 0.5) is 5.82 Å². The molecule has 6 heteroatoms. The van der Waals surface area contributed by atoms with Crippen LogP contribution in [-0.4, -0.2) is 34.4 Å². The number of carbonyl (C=O) groups is 1. The molecule has 0 atom stereocenters. The number of rotatable bonds is 5. The lowest BCUT2D eigenvalue weighted by atomic mass is 10.3. The number of nitrogens with zero attached hydrogens (tertiary/aromatic N) is 3. The zero-order chi connectivity index (χ0) is 12.0. The van der Waals surface area contributed by atoms with E-state index in [0.717, 1.165) is 19.4 Å². The van der Waals surface area contributed by atoms with E-state index in [1.807, 2.05) is 0 Å². The highest BCUT2D eigenvalue weighted by atomic mass is 16.2. The lowest BCUT2D eigenvalue weighted by Crippen LogP contribution is -2.28. The molecule has 0 aromatic carbocycles. The van der Waals surface area contributed by atoms with Crippen LogP contribution < -0.4 is 11.3 Å². The largest absolute Gasteiger partial charge is 0.340 e. The Morgan fingerprint density at radius 2 is 2.25 bits per heavy atom. The molecule has 3 N–H and O–H groups in total. The first-order chi connectivity index (χ1) is 7.69. The number of hydrazine groups is 1. The summed E-state index contributed by atoms with van der Waals surface area (Å²) >= 11 is 0.